The van der Waals surface area contributed by atoms with Crippen LogP contribution in [0, 0.1) is 5.82 Å². The third-order valence-electron chi connectivity index (χ3n) is 4.36. The summed E-state index contributed by atoms with van der Waals surface area (Å²) in [6.07, 6.45) is 0.109. The molecule has 0 bridgehead atoms. The Morgan fingerprint density at radius 2 is 1.77 bits per heavy atom. The molecule has 7 heteroatoms. The van der Waals surface area contributed by atoms with Crippen LogP contribution in [0.3, 0.4) is 0 Å². The van der Waals surface area contributed by atoms with Crippen molar-refractivity contribution in [1.82, 2.24) is 15.8 Å². The van der Waals surface area contributed by atoms with Gasteiger partial charge in [-0.25, -0.2) is 9.18 Å². The van der Waals surface area contributed by atoms with Gasteiger partial charge in [-0.2, -0.15) is 5.01 Å². The second kappa shape index (κ2) is 6.95. The lowest BCUT2D eigenvalue weighted by atomic mass is 9.92. The second-order valence-corrected chi connectivity index (χ2v) is 6.19. The van der Waals surface area contributed by atoms with E-state index in [1.165, 1.54) is 6.07 Å². The maximum absolute atomic E-state index is 13.6. The van der Waals surface area contributed by atoms with E-state index in [1.54, 1.807) is 55.5 Å². The van der Waals surface area contributed by atoms with E-state index >= 15 is 0 Å². The number of carbonyl (C=O) groups excluding carboxylic acids is 3. The maximum atomic E-state index is 13.6. The summed E-state index contributed by atoms with van der Waals surface area (Å²) in [6, 6.07) is 14.2. The SMILES string of the molecule is CC1(c2ccccc2)NC(=O)N(NC(=O)CCc2ccccc2F)C1=O. The van der Waals surface area contributed by atoms with E-state index in [-0.39, 0.29) is 12.8 Å². The van der Waals surface area contributed by atoms with E-state index in [0.717, 1.165) is 0 Å². The molecule has 0 aliphatic carbocycles. The number of nitrogens with one attached hydrogen (secondary N) is 2. The molecule has 0 spiro atoms. The van der Waals surface area contributed by atoms with E-state index in [1.807, 2.05) is 0 Å². The van der Waals surface area contributed by atoms with Crippen molar-refractivity contribution in [2.45, 2.75) is 25.3 Å². The van der Waals surface area contributed by atoms with Crippen LogP contribution in [0.15, 0.2) is 54.6 Å². The van der Waals surface area contributed by atoms with Crippen LogP contribution in [0.2, 0.25) is 0 Å². The largest absolute Gasteiger partial charge is 0.344 e. The molecular weight excluding hydrogens is 337 g/mol. The van der Waals surface area contributed by atoms with Crippen LogP contribution < -0.4 is 10.7 Å². The van der Waals surface area contributed by atoms with Gasteiger partial charge in [0.1, 0.15) is 11.4 Å². The molecule has 0 aromatic heterocycles. The van der Waals surface area contributed by atoms with Crippen LogP contribution in [-0.2, 0) is 21.5 Å². The number of hydrogen-bond donors (Lipinski definition) is 2. The minimum atomic E-state index is -1.25. The Bertz CT molecular complexity index is 856. The second-order valence-electron chi connectivity index (χ2n) is 6.19. The summed E-state index contributed by atoms with van der Waals surface area (Å²) >= 11 is 0. The standard InChI is InChI=1S/C19H18FN3O3/c1-19(14-8-3-2-4-9-14)17(25)23(18(26)21-19)22-16(24)12-11-13-7-5-6-10-15(13)20/h2-10H,11-12H2,1H3,(H,21,26)(H,22,24). The third kappa shape index (κ3) is 3.28. The molecule has 1 fully saturated rings. The highest BCUT2D eigenvalue weighted by Gasteiger charge is 2.49. The zero-order valence-corrected chi connectivity index (χ0v) is 14.2. The molecule has 1 aliphatic rings. The summed E-state index contributed by atoms with van der Waals surface area (Å²) in [4.78, 5) is 36.9. The third-order valence-corrected chi connectivity index (χ3v) is 4.36. The first kappa shape index (κ1) is 17.6. The number of aryl methyl sites for hydroxylation is 1. The van der Waals surface area contributed by atoms with Gasteiger partial charge < -0.3 is 5.32 Å². The maximum Gasteiger partial charge on any atom is 0.344 e. The number of halogens is 1. The van der Waals surface area contributed by atoms with Crippen molar-refractivity contribution < 1.29 is 18.8 Å². The van der Waals surface area contributed by atoms with Gasteiger partial charge >= 0.3 is 6.03 Å². The molecule has 1 heterocycles. The number of benzene rings is 2. The summed E-state index contributed by atoms with van der Waals surface area (Å²) in [5.41, 5.74) is 2.06. The number of nitrogens with zero attached hydrogens (tertiary/aromatic N) is 1. The van der Waals surface area contributed by atoms with Crippen molar-refractivity contribution in [3.63, 3.8) is 0 Å². The van der Waals surface area contributed by atoms with Gasteiger partial charge in [0, 0.05) is 6.42 Å². The van der Waals surface area contributed by atoms with E-state index in [4.69, 9.17) is 0 Å². The summed E-state index contributed by atoms with van der Waals surface area (Å²) in [7, 11) is 0. The summed E-state index contributed by atoms with van der Waals surface area (Å²) in [5, 5.41) is 3.27. The number of hydrogen-bond acceptors (Lipinski definition) is 3. The highest BCUT2D eigenvalue weighted by atomic mass is 19.1. The number of amides is 4. The summed E-state index contributed by atoms with van der Waals surface area (Å²) < 4.78 is 13.6. The molecule has 2 aromatic carbocycles. The Labute approximate surface area is 150 Å². The molecule has 6 nitrogen and oxygen atoms in total. The van der Waals surface area contributed by atoms with Crippen LogP contribution in [0.4, 0.5) is 9.18 Å². The van der Waals surface area contributed by atoms with Crippen molar-refractivity contribution in [2.75, 3.05) is 0 Å². The summed E-state index contributed by atoms with van der Waals surface area (Å²) in [5.74, 6) is -1.52. The smallest absolute Gasteiger partial charge is 0.318 e. The fraction of sp³-hybridized carbons (Fsp3) is 0.211. The topological polar surface area (TPSA) is 78.5 Å². The lowest BCUT2D eigenvalue weighted by molar-refractivity contribution is -0.139. The molecular formula is C19H18FN3O3. The van der Waals surface area contributed by atoms with Crippen molar-refractivity contribution in [2.24, 2.45) is 0 Å². The molecule has 2 N–H and O–H groups in total. The van der Waals surface area contributed by atoms with Gasteiger partial charge in [-0.05, 0) is 30.5 Å². The Hall–Kier alpha value is -3.22. The van der Waals surface area contributed by atoms with Gasteiger partial charge in [0.2, 0.25) is 5.91 Å². The Kier molecular flexibility index (Phi) is 4.71. The van der Waals surface area contributed by atoms with Crippen LogP contribution >= 0.6 is 0 Å². The average molecular weight is 355 g/mol. The molecule has 1 saturated heterocycles. The van der Waals surface area contributed by atoms with E-state index in [2.05, 4.69) is 10.7 Å². The predicted octanol–water partition coefficient (Wildman–Crippen LogP) is 2.26. The van der Waals surface area contributed by atoms with Crippen molar-refractivity contribution >= 4 is 17.8 Å². The van der Waals surface area contributed by atoms with E-state index in [0.29, 0.717) is 16.1 Å². The van der Waals surface area contributed by atoms with Crippen LogP contribution in [-0.4, -0.2) is 22.9 Å². The minimum Gasteiger partial charge on any atom is -0.318 e. The Morgan fingerprint density at radius 1 is 1.12 bits per heavy atom. The summed E-state index contributed by atoms with van der Waals surface area (Å²) in [6.45, 7) is 1.58. The fourth-order valence-electron chi connectivity index (χ4n) is 2.84. The van der Waals surface area contributed by atoms with Gasteiger partial charge in [0.25, 0.3) is 5.91 Å². The lowest BCUT2D eigenvalue weighted by Crippen LogP contribution is -2.48. The molecule has 0 saturated carbocycles. The molecule has 3 rings (SSSR count). The zero-order valence-electron chi connectivity index (χ0n) is 14.2. The molecule has 1 aliphatic heterocycles. The van der Waals surface area contributed by atoms with Crippen molar-refractivity contribution in [3.05, 3.63) is 71.5 Å². The van der Waals surface area contributed by atoms with E-state index in [9.17, 15) is 18.8 Å². The van der Waals surface area contributed by atoms with Gasteiger partial charge in [0.05, 0.1) is 0 Å². The Balaban J connectivity index is 1.66. The molecule has 1 atom stereocenters. The number of urea groups is 1. The van der Waals surface area contributed by atoms with Crippen molar-refractivity contribution in [3.8, 4) is 0 Å². The number of hydrazine groups is 1. The van der Waals surface area contributed by atoms with Crippen LogP contribution in [0.5, 0.6) is 0 Å². The van der Waals surface area contributed by atoms with Crippen LogP contribution in [0.1, 0.15) is 24.5 Å². The Morgan fingerprint density at radius 3 is 2.46 bits per heavy atom. The highest BCUT2D eigenvalue weighted by Crippen LogP contribution is 2.27. The monoisotopic (exact) mass is 355 g/mol. The molecule has 2 aromatic rings. The minimum absolute atomic E-state index is 0.0555. The lowest BCUT2D eigenvalue weighted by Gasteiger charge is -2.22. The van der Waals surface area contributed by atoms with Crippen molar-refractivity contribution in [1.29, 1.82) is 0 Å². The molecule has 4 amide bonds. The highest BCUT2D eigenvalue weighted by molar-refractivity contribution is 6.08. The molecule has 0 radical (unpaired) electrons. The number of carbonyl (C=O) groups is 3. The predicted molar refractivity (Wildman–Crippen MR) is 92.0 cm³/mol. The molecule has 26 heavy (non-hydrogen) atoms. The quantitative estimate of drug-likeness (QED) is 0.808. The molecule has 134 valence electrons. The zero-order chi connectivity index (χ0) is 18.7. The molecule has 1 unspecified atom stereocenters. The number of imide groups is 1. The van der Waals surface area contributed by atoms with Gasteiger partial charge in [0.15, 0.2) is 0 Å². The van der Waals surface area contributed by atoms with Gasteiger partial charge in [-0.3, -0.25) is 15.0 Å². The van der Waals surface area contributed by atoms with Crippen LogP contribution in [0.25, 0.3) is 0 Å². The normalized spacial score (nSPS) is 19.4. The average Bonchev–Trinajstić information content (AvgIpc) is 2.86. The first-order valence-electron chi connectivity index (χ1n) is 8.17. The van der Waals surface area contributed by atoms with Gasteiger partial charge in [-0.1, -0.05) is 48.5 Å². The fourth-order valence-corrected chi connectivity index (χ4v) is 2.84. The van der Waals surface area contributed by atoms with E-state index < -0.39 is 29.2 Å². The van der Waals surface area contributed by atoms with Gasteiger partial charge in [-0.15, -0.1) is 0 Å². The first-order valence-corrected chi connectivity index (χ1v) is 8.17. The first-order chi connectivity index (χ1) is 12.4. The number of rotatable bonds is 5.